The summed E-state index contributed by atoms with van der Waals surface area (Å²) in [6.07, 6.45) is -0.931. The fourth-order valence-corrected chi connectivity index (χ4v) is 1.33. The van der Waals surface area contributed by atoms with Crippen molar-refractivity contribution in [1.29, 1.82) is 0 Å². The van der Waals surface area contributed by atoms with E-state index in [4.69, 9.17) is 15.2 Å². The third-order valence-corrected chi connectivity index (χ3v) is 2.18. The Labute approximate surface area is 91.0 Å². The molecular formula is C10H12F3NO2. The third-order valence-electron chi connectivity index (χ3n) is 2.18. The minimum atomic E-state index is -1.56. The summed E-state index contributed by atoms with van der Waals surface area (Å²) in [5.74, 6) is -4.15. The Morgan fingerprint density at radius 1 is 1.06 bits per heavy atom. The van der Waals surface area contributed by atoms with Gasteiger partial charge in [0.2, 0.25) is 0 Å². The molecule has 0 aliphatic rings. The molecule has 0 radical (unpaired) electrons. The first kappa shape index (κ1) is 13.0. The number of benzene rings is 1. The van der Waals surface area contributed by atoms with Crippen LogP contribution in [0.4, 0.5) is 13.2 Å². The number of rotatable bonds is 4. The maximum absolute atomic E-state index is 13.3. The van der Waals surface area contributed by atoms with Gasteiger partial charge < -0.3 is 15.2 Å². The molecule has 1 atom stereocenters. The third kappa shape index (κ3) is 2.34. The van der Waals surface area contributed by atoms with E-state index in [-0.39, 0.29) is 5.56 Å². The van der Waals surface area contributed by atoms with Gasteiger partial charge in [0.25, 0.3) is 0 Å². The van der Waals surface area contributed by atoms with Crippen LogP contribution in [0.15, 0.2) is 12.1 Å². The summed E-state index contributed by atoms with van der Waals surface area (Å²) >= 11 is 0. The van der Waals surface area contributed by atoms with Crippen LogP contribution >= 0.6 is 0 Å². The highest BCUT2D eigenvalue weighted by Crippen LogP contribution is 2.23. The van der Waals surface area contributed by atoms with Crippen LogP contribution < -0.4 is 5.73 Å². The molecule has 0 spiro atoms. The fourth-order valence-electron chi connectivity index (χ4n) is 1.33. The van der Waals surface area contributed by atoms with E-state index in [0.717, 1.165) is 12.1 Å². The van der Waals surface area contributed by atoms with Crippen molar-refractivity contribution in [2.75, 3.05) is 14.2 Å². The molecule has 1 aromatic carbocycles. The van der Waals surface area contributed by atoms with Crippen LogP contribution in [-0.2, 0) is 9.47 Å². The summed E-state index contributed by atoms with van der Waals surface area (Å²) in [5.41, 5.74) is 5.40. The molecule has 1 rings (SSSR count). The van der Waals surface area contributed by atoms with Gasteiger partial charge in [0, 0.05) is 19.8 Å². The second-order valence-electron chi connectivity index (χ2n) is 3.13. The monoisotopic (exact) mass is 235 g/mol. The highest BCUT2D eigenvalue weighted by atomic mass is 19.2. The molecule has 0 aromatic heterocycles. The minimum Gasteiger partial charge on any atom is -0.354 e. The Balaban J connectivity index is 3.09. The molecule has 0 bridgehead atoms. The van der Waals surface area contributed by atoms with Gasteiger partial charge in [-0.3, -0.25) is 0 Å². The standard InChI is InChI=1S/C10H12F3NO2/c1-15-10(16-2)9(14)5-3-4-6(11)8(13)7(5)12/h3-4,9-10H,14H2,1-2H3. The van der Waals surface area contributed by atoms with Gasteiger partial charge in [0.05, 0.1) is 6.04 Å². The SMILES string of the molecule is COC(OC)C(N)c1ccc(F)c(F)c1F. The molecule has 1 unspecified atom stereocenters. The quantitative estimate of drug-likeness (QED) is 0.638. The highest BCUT2D eigenvalue weighted by molar-refractivity contribution is 5.23. The van der Waals surface area contributed by atoms with E-state index in [0.29, 0.717) is 0 Å². The van der Waals surface area contributed by atoms with Crippen LogP contribution in [0.5, 0.6) is 0 Å². The number of methoxy groups -OCH3 is 2. The number of ether oxygens (including phenoxy) is 2. The van der Waals surface area contributed by atoms with Crippen LogP contribution in [0.25, 0.3) is 0 Å². The maximum Gasteiger partial charge on any atom is 0.194 e. The first-order valence-electron chi connectivity index (χ1n) is 4.47. The van der Waals surface area contributed by atoms with Crippen LogP contribution in [0.2, 0.25) is 0 Å². The van der Waals surface area contributed by atoms with Gasteiger partial charge in [-0.25, -0.2) is 13.2 Å². The van der Waals surface area contributed by atoms with Crippen molar-refractivity contribution in [3.8, 4) is 0 Å². The summed E-state index contributed by atoms with van der Waals surface area (Å²) in [7, 11) is 2.62. The Kier molecular flexibility index (Phi) is 4.28. The molecule has 0 aliphatic carbocycles. The van der Waals surface area contributed by atoms with Crippen LogP contribution in [0, 0.1) is 17.5 Å². The molecule has 2 N–H and O–H groups in total. The van der Waals surface area contributed by atoms with Crippen LogP contribution in [-0.4, -0.2) is 20.5 Å². The second kappa shape index (κ2) is 5.29. The summed E-state index contributed by atoms with van der Waals surface area (Å²) in [5, 5.41) is 0. The van der Waals surface area contributed by atoms with E-state index in [9.17, 15) is 13.2 Å². The molecule has 0 heterocycles. The van der Waals surface area contributed by atoms with Gasteiger partial charge in [-0.2, -0.15) is 0 Å². The molecular weight excluding hydrogens is 223 g/mol. The van der Waals surface area contributed by atoms with Crippen molar-refractivity contribution < 1.29 is 22.6 Å². The van der Waals surface area contributed by atoms with Crippen molar-refractivity contribution in [2.24, 2.45) is 5.73 Å². The van der Waals surface area contributed by atoms with Crippen molar-refractivity contribution >= 4 is 0 Å². The summed E-state index contributed by atoms with van der Waals surface area (Å²) < 4.78 is 48.6. The van der Waals surface area contributed by atoms with Gasteiger partial charge in [0.15, 0.2) is 23.7 Å². The number of nitrogens with two attached hydrogens (primary N) is 1. The minimum absolute atomic E-state index is 0.201. The molecule has 1 aromatic rings. The molecule has 0 saturated carbocycles. The molecule has 0 saturated heterocycles. The predicted octanol–water partition coefficient (Wildman–Crippen LogP) is 1.72. The van der Waals surface area contributed by atoms with Crippen molar-refractivity contribution in [3.05, 3.63) is 35.1 Å². The van der Waals surface area contributed by atoms with Crippen molar-refractivity contribution in [3.63, 3.8) is 0 Å². The summed E-state index contributed by atoms with van der Waals surface area (Å²) in [6, 6.07) is 0.824. The molecule has 0 amide bonds. The largest absolute Gasteiger partial charge is 0.354 e. The normalized spacial score (nSPS) is 13.2. The first-order chi connectivity index (χ1) is 7.52. The molecule has 3 nitrogen and oxygen atoms in total. The van der Waals surface area contributed by atoms with Crippen molar-refractivity contribution in [2.45, 2.75) is 12.3 Å². The second-order valence-corrected chi connectivity index (χ2v) is 3.13. The smallest absolute Gasteiger partial charge is 0.194 e. The lowest BCUT2D eigenvalue weighted by Gasteiger charge is -2.21. The number of hydrogen-bond donors (Lipinski definition) is 1. The number of hydrogen-bond acceptors (Lipinski definition) is 3. The zero-order valence-electron chi connectivity index (χ0n) is 8.84. The lowest BCUT2D eigenvalue weighted by Crippen LogP contribution is -2.30. The van der Waals surface area contributed by atoms with E-state index in [1.807, 2.05) is 0 Å². The summed E-state index contributed by atoms with van der Waals surface area (Å²) in [4.78, 5) is 0. The molecule has 16 heavy (non-hydrogen) atoms. The van der Waals surface area contributed by atoms with Gasteiger partial charge in [0.1, 0.15) is 0 Å². The van der Waals surface area contributed by atoms with E-state index in [1.54, 1.807) is 0 Å². The van der Waals surface area contributed by atoms with Gasteiger partial charge in [-0.05, 0) is 6.07 Å². The van der Waals surface area contributed by atoms with Gasteiger partial charge in [-0.1, -0.05) is 6.07 Å². The molecule has 6 heteroatoms. The average Bonchev–Trinajstić information content (AvgIpc) is 2.27. The van der Waals surface area contributed by atoms with Gasteiger partial charge >= 0.3 is 0 Å². The first-order valence-corrected chi connectivity index (χ1v) is 4.47. The van der Waals surface area contributed by atoms with E-state index >= 15 is 0 Å². The molecule has 0 aliphatic heterocycles. The Morgan fingerprint density at radius 3 is 2.12 bits per heavy atom. The zero-order valence-corrected chi connectivity index (χ0v) is 8.84. The lowest BCUT2D eigenvalue weighted by molar-refractivity contribution is -0.117. The number of halogens is 3. The predicted molar refractivity (Wildman–Crippen MR) is 51.1 cm³/mol. The maximum atomic E-state index is 13.3. The van der Waals surface area contributed by atoms with Gasteiger partial charge in [-0.15, -0.1) is 0 Å². The Hall–Kier alpha value is -1.11. The highest BCUT2D eigenvalue weighted by Gasteiger charge is 2.24. The Bertz CT molecular complexity index is 369. The topological polar surface area (TPSA) is 44.5 Å². The Morgan fingerprint density at radius 2 is 1.62 bits per heavy atom. The average molecular weight is 235 g/mol. The van der Waals surface area contributed by atoms with Crippen molar-refractivity contribution in [1.82, 2.24) is 0 Å². The van der Waals surface area contributed by atoms with E-state index in [1.165, 1.54) is 14.2 Å². The summed E-state index contributed by atoms with van der Waals surface area (Å²) in [6.45, 7) is 0. The van der Waals surface area contributed by atoms with Crippen LogP contribution in [0.1, 0.15) is 11.6 Å². The molecule has 90 valence electrons. The van der Waals surface area contributed by atoms with E-state index < -0.39 is 29.8 Å². The molecule has 0 fully saturated rings. The lowest BCUT2D eigenvalue weighted by atomic mass is 10.1. The van der Waals surface area contributed by atoms with Crippen LogP contribution in [0.3, 0.4) is 0 Å². The zero-order chi connectivity index (χ0) is 12.3. The van der Waals surface area contributed by atoms with E-state index in [2.05, 4.69) is 0 Å². The fraction of sp³-hybridized carbons (Fsp3) is 0.400.